The van der Waals surface area contributed by atoms with Gasteiger partial charge in [-0.15, -0.1) is 0 Å². The van der Waals surface area contributed by atoms with Crippen LogP contribution >= 0.6 is 0 Å². The van der Waals surface area contributed by atoms with Crippen molar-refractivity contribution in [2.75, 3.05) is 0 Å². The molecule has 0 spiro atoms. The molecule has 1 fully saturated rings. The van der Waals surface area contributed by atoms with Gasteiger partial charge in [-0.3, -0.25) is 9.59 Å². The first kappa shape index (κ1) is 11.0. The van der Waals surface area contributed by atoms with Crippen molar-refractivity contribution in [2.24, 2.45) is 5.41 Å². The maximum atomic E-state index is 10.7. The number of hydrogen-bond acceptors (Lipinski definition) is 2. The van der Waals surface area contributed by atoms with Crippen LogP contribution in [0.5, 0.6) is 0 Å². The first-order valence-electron chi connectivity index (χ1n) is 4.98. The molecule has 0 aliphatic heterocycles. The summed E-state index contributed by atoms with van der Waals surface area (Å²) < 4.78 is 0. The third-order valence-corrected chi connectivity index (χ3v) is 3.06. The van der Waals surface area contributed by atoms with Gasteiger partial charge in [-0.2, -0.15) is 0 Å². The van der Waals surface area contributed by atoms with Crippen molar-refractivity contribution in [3.05, 3.63) is 0 Å². The van der Waals surface area contributed by atoms with Crippen molar-refractivity contribution >= 4 is 11.9 Å². The minimum absolute atomic E-state index is 0.0906. The number of carbonyl (C=O) groups is 2. The van der Waals surface area contributed by atoms with E-state index >= 15 is 0 Å². The number of rotatable bonds is 5. The average molecular weight is 200 g/mol. The van der Waals surface area contributed by atoms with Crippen LogP contribution in [0.25, 0.3) is 0 Å². The Morgan fingerprint density at radius 3 is 2.07 bits per heavy atom. The van der Waals surface area contributed by atoms with E-state index in [-0.39, 0.29) is 18.3 Å². The lowest BCUT2D eigenvalue weighted by molar-refractivity contribution is -0.142. The van der Waals surface area contributed by atoms with Crippen molar-refractivity contribution in [1.82, 2.24) is 0 Å². The first-order valence-corrected chi connectivity index (χ1v) is 4.98. The summed E-state index contributed by atoms with van der Waals surface area (Å²) in [5, 5.41) is 17.3. The highest BCUT2D eigenvalue weighted by Gasteiger charge is 2.35. The van der Waals surface area contributed by atoms with E-state index in [1.54, 1.807) is 0 Å². The van der Waals surface area contributed by atoms with Crippen LogP contribution in [0.3, 0.4) is 0 Å². The third kappa shape index (κ3) is 3.01. The predicted octanol–water partition coefficient (Wildman–Crippen LogP) is 1.89. The highest BCUT2D eigenvalue weighted by Crippen LogP contribution is 2.44. The van der Waals surface area contributed by atoms with E-state index in [0.717, 1.165) is 25.7 Å². The lowest BCUT2D eigenvalue weighted by atomic mass is 9.78. The van der Waals surface area contributed by atoms with Crippen LogP contribution in [-0.2, 0) is 9.59 Å². The number of hydrogen-bond donors (Lipinski definition) is 2. The maximum absolute atomic E-state index is 10.7. The number of carboxylic acid groups (broad SMARTS) is 2. The van der Waals surface area contributed by atoms with Crippen molar-refractivity contribution in [3.63, 3.8) is 0 Å². The smallest absolute Gasteiger partial charge is 0.303 e. The zero-order valence-electron chi connectivity index (χ0n) is 8.16. The Labute approximate surface area is 82.9 Å². The van der Waals surface area contributed by atoms with E-state index in [4.69, 9.17) is 10.2 Å². The van der Waals surface area contributed by atoms with E-state index in [1.807, 2.05) is 0 Å². The van der Waals surface area contributed by atoms with E-state index in [2.05, 4.69) is 0 Å². The van der Waals surface area contributed by atoms with Gasteiger partial charge in [0.2, 0.25) is 0 Å². The van der Waals surface area contributed by atoms with E-state index < -0.39 is 11.9 Å². The molecule has 1 aliphatic carbocycles. The molecule has 80 valence electrons. The molecule has 1 rings (SSSR count). The van der Waals surface area contributed by atoms with Crippen LogP contribution in [0.15, 0.2) is 0 Å². The summed E-state index contributed by atoms with van der Waals surface area (Å²) in [6.45, 7) is 0. The number of aliphatic carboxylic acids is 2. The fourth-order valence-electron chi connectivity index (χ4n) is 2.33. The van der Waals surface area contributed by atoms with Crippen LogP contribution in [0.2, 0.25) is 0 Å². The van der Waals surface area contributed by atoms with Crippen LogP contribution in [-0.4, -0.2) is 22.2 Å². The molecule has 1 saturated carbocycles. The van der Waals surface area contributed by atoms with Gasteiger partial charge in [0.25, 0.3) is 0 Å². The quantitative estimate of drug-likeness (QED) is 0.710. The molecule has 0 aromatic rings. The Morgan fingerprint density at radius 1 is 1.07 bits per heavy atom. The molecule has 14 heavy (non-hydrogen) atoms. The SMILES string of the molecule is O=C(O)CCC1(CC(=O)O)CCCC1. The first-order chi connectivity index (χ1) is 6.54. The minimum atomic E-state index is -0.832. The molecular formula is C10H16O4. The zero-order valence-corrected chi connectivity index (χ0v) is 8.16. The Balaban J connectivity index is 2.52. The molecule has 0 heterocycles. The highest BCUT2D eigenvalue weighted by molar-refractivity contribution is 5.69. The molecule has 0 radical (unpaired) electrons. The molecule has 4 nitrogen and oxygen atoms in total. The van der Waals surface area contributed by atoms with Crippen LogP contribution in [0.1, 0.15) is 44.9 Å². The monoisotopic (exact) mass is 200 g/mol. The molecule has 1 aliphatic rings. The Kier molecular flexibility index (Phi) is 3.49. The van der Waals surface area contributed by atoms with Crippen molar-refractivity contribution < 1.29 is 19.8 Å². The van der Waals surface area contributed by atoms with E-state index in [9.17, 15) is 9.59 Å². The van der Waals surface area contributed by atoms with Crippen LogP contribution < -0.4 is 0 Å². The molecule has 0 bridgehead atoms. The molecule has 4 heteroatoms. The zero-order chi connectivity index (χ0) is 10.6. The molecular weight excluding hydrogens is 184 g/mol. The second kappa shape index (κ2) is 4.44. The summed E-state index contributed by atoms with van der Waals surface area (Å²) in [5.74, 6) is -1.64. The summed E-state index contributed by atoms with van der Waals surface area (Å²) >= 11 is 0. The molecule has 2 N–H and O–H groups in total. The Bertz CT molecular complexity index is 228. The second-order valence-electron chi connectivity index (χ2n) is 4.17. The highest BCUT2D eigenvalue weighted by atomic mass is 16.4. The summed E-state index contributed by atoms with van der Waals surface area (Å²) in [6, 6.07) is 0. The normalized spacial score (nSPS) is 19.4. The summed E-state index contributed by atoms with van der Waals surface area (Å²) in [5.41, 5.74) is -0.232. The topological polar surface area (TPSA) is 74.6 Å². The fraction of sp³-hybridized carbons (Fsp3) is 0.800. The van der Waals surface area contributed by atoms with Gasteiger partial charge in [0, 0.05) is 6.42 Å². The molecule has 0 unspecified atom stereocenters. The summed E-state index contributed by atoms with van der Waals surface area (Å²) in [4.78, 5) is 21.1. The lowest BCUT2D eigenvalue weighted by Gasteiger charge is -2.26. The fourth-order valence-corrected chi connectivity index (χ4v) is 2.33. The van der Waals surface area contributed by atoms with Gasteiger partial charge in [-0.05, 0) is 24.7 Å². The van der Waals surface area contributed by atoms with Crippen molar-refractivity contribution in [1.29, 1.82) is 0 Å². The Morgan fingerprint density at radius 2 is 1.64 bits per heavy atom. The second-order valence-corrected chi connectivity index (χ2v) is 4.17. The predicted molar refractivity (Wildman–Crippen MR) is 50.0 cm³/mol. The number of carboxylic acids is 2. The van der Waals surface area contributed by atoms with E-state index in [0.29, 0.717) is 6.42 Å². The van der Waals surface area contributed by atoms with Gasteiger partial charge in [0.1, 0.15) is 0 Å². The van der Waals surface area contributed by atoms with Crippen LogP contribution in [0, 0.1) is 5.41 Å². The summed E-state index contributed by atoms with van der Waals surface area (Å²) in [6.07, 6.45) is 4.53. The maximum Gasteiger partial charge on any atom is 0.303 e. The van der Waals surface area contributed by atoms with Gasteiger partial charge >= 0.3 is 11.9 Å². The van der Waals surface area contributed by atoms with Crippen molar-refractivity contribution in [2.45, 2.75) is 44.9 Å². The lowest BCUT2D eigenvalue weighted by Crippen LogP contribution is -2.22. The average Bonchev–Trinajstić information content (AvgIpc) is 2.49. The van der Waals surface area contributed by atoms with Crippen molar-refractivity contribution in [3.8, 4) is 0 Å². The van der Waals surface area contributed by atoms with Crippen LogP contribution in [0.4, 0.5) is 0 Å². The molecule has 0 aromatic heterocycles. The molecule has 0 aromatic carbocycles. The van der Waals surface area contributed by atoms with E-state index in [1.165, 1.54) is 0 Å². The standard InChI is InChI=1S/C10H16O4/c11-8(12)3-6-10(7-9(13)14)4-1-2-5-10/h1-7H2,(H,11,12)(H,13,14). The molecule has 0 saturated heterocycles. The van der Waals surface area contributed by atoms with Gasteiger partial charge in [-0.1, -0.05) is 12.8 Å². The Hall–Kier alpha value is -1.06. The van der Waals surface area contributed by atoms with Gasteiger partial charge < -0.3 is 10.2 Å². The third-order valence-electron chi connectivity index (χ3n) is 3.06. The van der Waals surface area contributed by atoms with Gasteiger partial charge in [0.15, 0.2) is 0 Å². The largest absolute Gasteiger partial charge is 0.481 e. The molecule has 0 amide bonds. The minimum Gasteiger partial charge on any atom is -0.481 e. The summed E-state index contributed by atoms with van der Waals surface area (Å²) in [7, 11) is 0. The van der Waals surface area contributed by atoms with Gasteiger partial charge in [-0.25, -0.2) is 0 Å². The molecule has 0 atom stereocenters. The van der Waals surface area contributed by atoms with Gasteiger partial charge in [0.05, 0.1) is 6.42 Å².